The molecule has 0 fully saturated rings. The van der Waals surface area contributed by atoms with Crippen LogP contribution in [0.15, 0.2) is 35.1 Å². The number of cyclic esters (lactones) is 1. The maximum absolute atomic E-state index is 12.2. The molecule has 24 heavy (non-hydrogen) atoms. The van der Waals surface area contributed by atoms with Gasteiger partial charge in [-0.25, -0.2) is 4.79 Å². The summed E-state index contributed by atoms with van der Waals surface area (Å²) in [6.45, 7) is 0.285. The molecule has 1 aromatic heterocycles. The molecule has 2 aromatic rings. The molecule has 0 spiro atoms. The number of benzene rings is 1. The standard InChI is InChI=1S/C16H14N4O4/c17-16(18)20-6-4-10-13-12-8(21)2-1-7-11(12)9(3-5-19-7)23-14(13)15(22)24-10/h1-3,5,10,21H,4,6H2,(H4,17,18,20)/t10-/m0/s1. The number of aromatic nitrogens is 1. The number of ether oxygens (including phenoxy) is 2. The van der Waals surface area contributed by atoms with Crippen molar-refractivity contribution in [1.29, 1.82) is 0 Å². The van der Waals surface area contributed by atoms with Crippen LogP contribution >= 0.6 is 0 Å². The fraction of sp³-hybridized carbons (Fsp3) is 0.188. The summed E-state index contributed by atoms with van der Waals surface area (Å²) in [6.07, 6.45) is 1.36. The van der Waals surface area contributed by atoms with Gasteiger partial charge in [-0.15, -0.1) is 0 Å². The zero-order valence-corrected chi connectivity index (χ0v) is 12.5. The van der Waals surface area contributed by atoms with Crippen molar-refractivity contribution < 1.29 is 19.4 Å². The number of hydrogen-bond acceptors (Lipinski definition) is 6. The number of carbonyl (C=O) groups is 1. The number of aliphatic imine (C=N–C) groups is 1. The predicted molar refractivity (Wildman–Crippen MR) is 86.1 cm³/mol. The number of nitrogens with zero attached hydrogens (tertiary/aromatic N) is 2. The summed E-state index contributed by atoms with van der Waals surface area (Å²) in [7, 11) is 0. The lowest BCUT2D eigenvalue weighted by molar-refractivity contribution is -0.141. The van der Waals surface area contributed by atoms with Crippen molar-refractivity contribution in [2.24, 2.45) is 16.5 Å². The second kappa shape index (κ2) is 5.12. The molecular weight excluding hydrogens is 312 g/mol. The van der Waals surface area contributed by atoms with Gasteiger partial charge in [-0.1, -0.05) is 0 Å². The predicted octanol–water partition coefficient (Wildman–Crippen LogP) is 0.633. The second-order valence-electron chi connectivity index (χ2n) is 5.50. The first-order valence-electron chi connectivity index (χ1n) is 7.35. The van der Waals surface area contributed by atoms with Gasteiger partial charge in [0.15, 0.2) is 5.96 Å². The van der Waals surface area contributed by atoms with Crippen LogP contribution in [0.3, 0.4) is 0 Å². The number of fused-ring (bicyclic) bond motifs is 1. The molecule has 5 N–H and O–H groups in total. The van der Waals surface area contributed by atoms with Gasteiger partial charge in [0.25, 0.3) is 0 Å². The molecule has 0 bridgehead atoms. The van der Waals surface area contributed by atoms with Crippen LogP contribution in [0.4, 0.5) is 0 Å². The Labute approximate surface area is 136 Å². The zero-order valence-electron chi connectivity index (χ0n) is 12.5. The normalized spacial score (nSPS) is 18.2. The van der Waals surface area contributed by atoms with E-state index in [-0.39, 0.29) is 24.0 Å². The van der Waals surface area contributed by atoms with Crippen LogP contribution in [0.25, 0.3) is 16.5 Å². The highest BCUT2D eigenvalue weighted by Gasteiger charge is 2.41. The number of hydrogen-bond donors (Lipinski definition) is 3. The lowest BCUT2D eigenvalue weighted by Gasteiger charge is -2.21. The monoisotopic (exact) mass is 326 g/mol. The highest BCUT2D eigenvalue weighted by atomic mass is 16.6. The van der Waals surface area contributed by atoms with Crippen molar-refractivity contribution in [1.82, 2.24) is 4.98 Å². The van der Waals surface area contributed by atoms with E-state index in [0.29, 0.717) is 34.2 Å². The molecule has 2 aliphatic heterocycles. The number of phenolic OH excluding ortho intramolecular Hbond substituents is 1. The van der Waals surface area contributed by atoms with Gasteiger partial charge >= 0.3 is 5.97 Å². The van der Waals surface area contributed by atoms with Gasteiger partial charge in [0, 0.05) is 24.7 Å². The molecule has 122 valence electrons. The maximum Gasteiger partial charge on any atom is 0.375 e. The van der Waals surface area contributed by atoms with Crippen molar-refractivity contribution in [3.63, 3.8) is 0 Å². The Morgan fingerprint density at radius 3 is 2.96 bits per heavy atom. The molecule has 4 rings (SSSR count). The second-order valence-corrected chi connectivity index (χ2v) is 5.50. The Bertz CT molecular complexity index is 931. The first-order valence-corrected chi connectivity index (χ1v) is 7.35. The smallest absolute Gasteiger partial charge is 0.375 e. The first-order chi connectivity index (χ1) is 11.6. The fourth-order valence-electron chi connectivity index (χ4n) is 3.06. The quantitative estimate of drug-likeness (QED) is 0.428. The van der Waals surface area contributed by atoms with Gasteiger partial charge in [0.05, 0.1) is 16.5 Å². The van der Waals surface area contributed by atoms with Gasteiger partial charge in [0.1, 0.15) is 17.6 Å². The number of nitrogens with two attached hydrogens (primary N) is 2. The highest BCUT2D eigenvalue weighted by molar-refractivity contribution is 6.10. The lowest BCUT2D eigenvalue weighted by Crippen LogP contribution is -2.23. The number of carbonyl (C=O) groups excluding carboxylic acids is 1. The van der Waals surface area contributed by atoms with Crippen LogP contribution < -0.4 is 16.2 Å². The molecule has 2 aliphatic rings. The van der Waals surface area contributed by atoms with Gasteiger partial charge in [-0.2, -0.15) is 0 Å². The van der Waals surface area contributed by atoms with Gasteiger partial charge in [0.2, 0.25) is 5.76 Å². The minimum Gasteiger partial charge on any atom is -0.507 e. The van der Waals surface area contributed by atoms with Crippen LogP contribution in [0.1, 0.15) is 12.0 Å². The van der Waals surface area contributed by atoms with E-state index in [9.17, 15) is 9.90 Å². The number of guanidine groups is 1. The van der Waals surface area contributed by atoms with E-state index in [4.69, 9.17) is 20.9 Å². The van der Waals surface area contributed by atoms with Gasteiger partial charge < -0.3 is 26.0 Å². The number of aromatic hydroxyl groups is 1. The maximum atomic E-state index is 12.2. The summed E-state index contributed by atoms with van der Waals surface area (Å²) >= 11 is 0. The summed E-state index contributed by atoms with van der Waals surface area (Å²) in [4.78, 5) is 20.4. The van der Waals surface area contributed by atoms with Crippen molar-refractivity contribution >= 4 is 28.4 Å². The van der Waals surface area contributed by atoms with E-state index < -0.39 is 12.1 Å². The van der Waals surface area contributed by atoms with Crippen molar-refractivity contribution in [2.45, 2.75) is 12.5 Å². The summed E-state index contributed by atoms with van der Waals surface area (Å²) in [6, 6.07) is 4.88. The van der Waals surface area contributed by atoms with Crippen LogP contribution in [-0.2, 0) is 9.53 Å². The third-order valence-corrected chi connectivity index (χ3v) is 4.02. The summed E-state index contributed by atoms with van der Waals surface area (Å²) < 4.78 is 11.1. The number of phenols is 1. The van der Waals surface area contributed by atoms with Gasteiger partial charge in [-0.05, 0) is 18.2 Å². The Morgan fingerprint density at radius 2 is 2.17 bits per heavy atom. The molecule has 0 unspecified atom stereocenters. The molecule has 3 heterocycles. The molecule has 1 aromatic carbocycles. The Kier molecular flexibility index (Phi) is 3.05. The average Bonchev–Trinajstić information content (AvgIpc) is 2.86. The Hall–Kier alpha value is -3.29. The lowest BCUT2D eigenvalue weighted by atomic mass is 9.92. The molecule has 8 nitrogen and oxygen atoms in total. The molecule has 0 saturated carbocycles. The summed E-state index contributed by atoms with van der Waals surface area (Å²) in [5.74, 6) is -0.0122. The average molecular weight is 326 g/mol. The third-order valence-electron chi connectivity index (χ3n) is 4.02. The molecule has 0 amide bonds. The van der Waals surface area contributed by atoms with Crippen molar-refractivity contribution in [3.05, 3.63) is 35.7 Å². The van der Waals surface area contributed by atoms with Crippen LogP contribution in [0.2, 0.25) is 0 Å². The zero-order chi connectivity index (χ0) is 16.8. The molecule has 8 heteroatoms. The van der Waals surface area contributed by atoms with Crippen LogP contribution in [0.5, 0.6) is 11.5 Å². The van der Waals surface area contributed by atoms with E-state index in [1.807, 2.05) is 0 Å². The minimum absolute atomic E-state index is 0.0343. The summed E-state index contributed by atoms with van der Waals surface area (Å²) in [5.41, 5.74) is 12.3. The highest BCUT2D eigenvalue weighted by Crippen LogP contribution is 2.47. The van der Waals surface area contributed by atoms with E-state index in [0.717, 1.165) is 0 Å². The largest absolute Gasteiger partial charge is 0.507 e. The molecular formula is C16H14N4O4. The number of esters is 1. The van der Waals surface area contributed by atoms with E-state index >= 15 is 0 Å². The minimum atomic E-state index is -0.597. The van der Waals surface area contributed by atoms with Crippen LogP contribution in [0, 0.1) is 0 Å². The fourth-order valence-corrected chi connectivity index (χ4v) is 3.06. The SMILES string of the molecule is NC(N)=NCC[C@@H]1OC(=O)C2=C1c1c(O)ccc3nccc(c13)O2. The van der Waals surface area contributed by atoms with Crippen molar-refractivity contribution in [2.75, 3.05) is 6.54 Å². The third kappa shape index (κ3) is 2.03. The molecule has 0 radical (unpaired) electrons. The first kappa shape index (κ1) is 14.3. The van der Waals surface area contributed by atoms with E-state index in [2.05, 4.69) is 9.98 Å². The number of rotatable bonds is 3. The number of pyridine rings is 1. The molecule has 1 atom stereocenters. The van der Waals surface area contributed by atoms with Gasteiger partial charge in [-0.3, -0.25) is 9.98 Å². The topological polar surface area (TPSA) is 133 Å². The summed E-state index contributed by atoms with van der Waals surface area (Å²) in [5, 5.41) is 11.0. The van der Waals surface area contributed by atoms with E-state index in [1.54, 1.807) is 24.4 Å². The van der Waals surface area contributed by atoms with Crippen LogP contribution in [-0.4, -0.2) is 34.7 Å². The van der Waals surface area contributed by atoms with Crippen molar-refractivity contribution in [3.8, 4) is 11.5 Å². The Morgan fingerprint density at radius 1 is 1.33 bits per heavy atom. The molecule has 0 saturated heterocycles. The molecule has 0 aliphatic carbocycles. The van der Waals surface area contributed by atoms with E-state index in [1.165, 1.54) is 0 Å². The Balaban J connectivity index is 1.85.